The molecule has 3 N–H and O–H groups in total. The van der Waals surface area contributed by atoms with Crippen LogP contribution in [0.5, 0.6) is 0 Å². The summed E-state index contributed by atoms with van der Waals surface area (Å²) >= 11 is 0. The fourth-order valence-electron chi connectivity index (χ4n) is 4.43. The summed E-state index contributed by atoms with van der Waals surface area (Å²) in [6.45, 7) is 13.8. The van der Waals surface area contributed by atoms with Crippen molar-refractivity contribution in [2.45, 2.75) is 64.2 Å². The van der Waals surface area contributed by atoms with Crippen LogP contribution < -0.4 is 16.0 Å². The number of carbonyl (C=O) groups is 1. The van der Waals surface area contributed by atoms with E-state index < -0.39 is 27.2 Å². The predicted molar refractivity (Wildman–Crippen MR) is 157 cm³/mol. The Kier molecular flexibility index (Phi) is 8.20. The minimum atomic E-state index is -2.64. The number of nitriles is 1. The van der Waals surface area contributed by atoms with Crippen LogP contribution in [0.3, 0.4) is 0 Å². The SMILES string of the molecule is CNC(=O)c1nn(CC(F)F)cc1Nc1nccc(-c2cc(C#N)c3c(c2)C(C)(CO[SiH-](C)(C)C(C)(C)C)CN3)n1. The fourth-order valence-corrected chi connectivity index (χ4v) is 5.71. The predicted octanol–water partition coefficient (Wildman–Crippen LogP) is 5.02. The number of nitrogens with one attached hydrogen (secondary N) is 3. The van der Waals surface area contributed by atoms with Gasteiger partial charge >= 0.3 is 185 Å². The molecule has 0 aliphatic carbocycles. The number of rotatable bonds is 9. The first-order chi connectivity index (χ1) is 19.2. The number of hydrogen-bond donors (Lipinski definition) is 3. The van der Waals surface area contributed by atoms with E-state index in [0.717, 1.165) is 21.5 Å². The van der Waals surface area contributed by atoms with E-state index in [4.69, 9.17) is 4.43 Å². The van der Waals surface area contributed by atoms with Crippen molar-refractivity contribution >= 4 is 31.5 Å². The van der Waals surface area contributed by atoms with Crippen LogP contribution in [0.2, 0.25) is 18.1 Å². The molecule has 0 radical (unpaired) electrons. The minimum absolute atomic E-state index is 0.0595. The van der Waals surface area contributed by atoms with Crippen molar-refractivity contribution in [1.82, 2.24) is 25.1 Å². The number of anilines is 3. The van der Waals surface area contributed by atoms with Gasteiger partial charge in [0.25, 0.3) is 12.3 Å². The van der Waals surface area contributed by atoms with Crippen molar-refractivity contribution in [2.24, 2.45) is 0 Å². The first-order valence-electron chi connectivity index (χ1n) is 13.5. The first-order valence-corrected chi connectivity index (χ1v) is 16.9. The van der Waals surface area contributed by atoms with Gasteiger partial charge in [-0.1, -0.05) is 0 Å². The molecule has 1 aromatic carbocycles. The molecule has 3 aromatic rings. The van der Waals surface area contributed by atoms with Gasteiger partial charge in [-0.05, 0) is 0 Å². The molecule has 10 nitrogen and oxygen atoms in total. The number of nitrogens with zero attached hydrogens (tertiary/aromatic N) is 5. The number of fused-ring (bicyclic) bond motifs is 1. The molecule has 1 atom stereocenters. The Morgan fingerprint density at radius 2 is 2.07 bits per heavy atom. The van der Waals surface area contributed by atoms with Gasteiger partial charge in [0.15, 0.2) is 0 Å². The van der Waals surface area contributed by atoms with Gasteiger partial charge in [-0.15, -0.1) is 0 Å². The van der Waals surface area contributed by atoms with E-state index in [9.17, 15) is 18.8 Å². The second-order valence-corrected chi connectivity index (χ2v) is 17.9. The van der Waals surface area contributed by atoms with Crippen LogP contribution >= 0.6 is 0 Å². The van der Waals surface area contributed by atoms with Crippen LogP contribution in [0, 0.1) is 11.3 Å². The Hall–Kier alpha value is -3.89. The van der Waals surface area contributed by atoms with E-state index in [1.807, 2.05) is 6.07 Å². The van der Waals surface area contributed by atoms with Crippen LogP contribution in [0.25, 0.3) is 11.3 Å². The second kappa shape index (κ2) is 11.2. The Morgan fingerprint density at radius 3 is 2.71 bits per heavy atom. The molecule has 1 unspecified atom stereocenters. The standard InChI is InChI=1S/C28H37F2N8O2Si/c1-27(2,3)41(6,7)40-16-28(4)15-34-23-18(12-31)10-17(11-19(23)28)20-8-9-33-26(35-20)36-21-13-38(14-22(29)30)37-24(21)25(39)32-5/h8-11,13,22,34,41H,14-16H2,1-7H3,(H,32,39)(H,33,35,36)/q-1. The Balaban J connectivity index is 1.67. The Bertz CT molecular complexity index is 1500. The van der Waals surface area contributed by atoms with Crippen molar-refractivity contribution in [3.8, 4) is 17.3 Å². The molecule has 0 bridgehead atoms. The van der Waals surface area contributed by atoms with E-state index in [1.54, 1.807) is 18.3 Å². The van der Waals surface area contributed by atoms with Crippen LogP contribution in [0.15, 0.2) is 30.6 Å². The maximum atomic E-state index is 12.9. The molecule has 1 aliphatic rings. The molecule has 0 saturated heterocycles. The monoisotopic (exact) mass is 583 g/mol. The molecular formula is C28H37F2N8O2Si-. The van der Waals surface area contributed by atoms with Crippen LogP contribution in [-0.4, -0.2) is 60.6 Å². The Labute approximate surface area is 239 Å². The maximum absolute atomic E-state index is 12.9. The number of alkyl halides is 2. The zero-order valence-electron chi connectivity index (χ0n) is 24.5. The van der Waals surface area contributed by atoms with E-state index in [1.165, 1.54) is 13.2 Å². The van der Waals surface area contributed by atoms with E-state index in [0.29, 0.717) is 24.4 Å². The van der Waals surface area contributed by atoms with Gasteiger partial charge in [0.2, 0.25) is 0 Å². The number of benzene rings is 1. The molecule has 220 valence electrons. The van der Waals surface area contributed by atoms with Crippen LogP contribution in [0.1, 0.15) is 49.3 Å². The molecule has 0 spiro atoms. The zero-order chi connectivity index (χ0) is 30.2. The van der Waals surface area contributed by atoms with Crippen molar-refractivity contribution in [3.05, 3.63) is 47.4 Å². The molecule has 13 heteroatoms. The molecule has 2 aromatic heterocycles. The molecule has 4 rings (SSSR count). The first kappa shape index (κ1) is 30.1. The molecule has 41 heavy (non-hydrogen) atoms. The van der Waals surface area contributed by atoms with Gasteiger partial charge in [-0.25, -0.2) is 8.78 Å². The molecule has 1 amide bonds. The average molecular weight is 584 g/mol. The molecule has 1 aliphatic heterocycles. The van der Waals surface area contributed by atoms with Gasteiger partial charge in [-0.3, -0.25) is 9.48 Å². The molecular weight excluding hydrogens is 546 g/mol. The number of amides is 1. The quantitative estimate of drug-likeness (QED) is 0.300. The van der Waals surface area contributed by atoms with Crippen molar-refractivity contribution < 1.29 is 18.0 Å². The van der Waals surface area contributed by atoms with E-state index >= 15 is 0 Å². The number of carbonyl (C=O) groups excluding carboxylic acids is 1. The van der Waals surface area contributed by atoms with E-state index in [2.05, 4.69) is 77.9 Å². The summed E-state index contributed by atoms with van der Waals surface area (Å²) in [6.07, 6.45) is 0.226. The van der Waals surface area contributed by atoms with Gasteiger partial charge in [0.05, 0.1) is 0 Å². The number of aromatic nitrogens is 4. The summed E-state index contributed by atoms with van der Waals surface area (Å²) in [4.78, 5) is 21.2. The van der Waals surface area contributed by atoms with Crippen molar-refractivity contribution in [1.29, 1.82) is 5.26 Å². The topological polar surface area (TPSA) is 130 Å². The second-order valence-electron chi connectivity index (χ2n) is 12.4. The third-order valence-electron chi connectivity index (χ3n) is 8.20. The average Bonchev–Trinajstić information content (AvgIpc) is 3.46. The zero-order valence-corrected chi connectivity index (χ0v) is 25.6. The summed E-state index contributed by atoms with van der Waals surface area (Å²) in [5.74, 6) is -0.395. The molecule has 0 saturated carbocycles. The number of hydrogen-bond acceptors (Lipinski definition) is 8. The van der Waals surface area contributed by atoms with Gasteiger partial charge in [-0.2, -0.15) is 5.10 Å². The number of halogens is 2. The van der Waals surface area contributed by atoms with Crippen LogP contribution in [0.4, 0.5) is 26.1 Å². The summed E-state index contributed by atoms with van der Waals surface area (Å²) in [7, 11) is -0.905. The fraction of sp³-hybridized carbons (Fsp3) is 0.464. The Morgan fingerprint density at radius 1 is 1.34 bits per heavy atom. The van der Waals surface area contributed by atoms with E-state index in [-0.39, 0.29) is 27.8 Å². The van der Waals surface area contributed by atoms with Gasteiger partial charge in [0.1, 0.15) is 6.54 Å². The van der Waals surface area contributed by atoms with Gasteiger partial charge < -0.3 is 5.32 Å². The third kappa shape index (κ3) is 6.23. The normalized spacial score (nSPS) is 17.1. The van der Waals surface area contributed by atoms with Crippen molar-refractivity contribution in [3.63, 3.8) is 0 Å². The van der Waals surface area contributed by atoms with Gasteiger partial charge in [0, 0.05) is 7.05 Å². The summed E-state index contributed by atoms with van der Waals surface area (Å²) in [5.41, 5.74) is 3.33. The van der Waals surface area contributed by atoms with Crippen molar-refractivity contribution in [2.75, 3.05) is 30.8 Å². The summed E-state index contributed by atoms with van der Waals surface area (Å²) in [5, 5.41) is 22.9. The summed E-state index contributed by atoms with van der Waals surface area (Å²) < 4.78 is 33.5. The molecule has 0 fully saturated rings. The molecule has 3 heterocycles. The third-order valence-corrected chi connectivity index (χ3v) is 13.4. The van der Waals surface area contributed by atoms with Crippen LogP contribution in [-0.2, 0) is 16.4 Å². The summed E-state index contributed by atoms with van der Waals surface area (Å²) in [6, 6.07) is 7.83.